The zero-order valence-corrected chi connectivity index (χ0v) is 15.7. The minimum Gasteiger partial charge on any atom is -0.489 e. The number of para-hydroxylation sites is 2. The van der Waals surface area contributed by atoms with E-state index in [1.54, 1.807) is 36.4 Å². The van der Waals surface area contributed by atoms with Crippen molar-refractivity contribution < 1.29 is 23.5 Å². The topological polar surface area (TPSA) is 116 Å². The van der Waals surface area contributed by atoms with Gasteiger partial charge in [0.15, 0.2) is 6.61 Å². The van der Waals surface area contributed by atoms with Crippen LogP contribution in [0, 0.1) is 11.3 Å². The van der Waals surface area contributed by atoms with Gasteiger partial charge in [0.05, 0.1) is 5.56 Å². The highest BCUT2D eigenvalue weighted by atomic mass is 16.5. The molecule has 2 N–H and O–H groups in total. The molecule has 0 aliphatic heterocycles. The minimum absolute atomic E-state index is 0.0538. The van der Waals surface area contributed by atoms with Gasteiger partial charge in [-0.05, 0) is 25.1 Å². The SMILES string of the molecule is C/C(N)=C(\C#N)C(=O)COC(=O)c1oc2ccccc2c1COc1ccccc1. The van der Waals surface area contributed by atoms with Gasteiger partial charge in [-0.25, -0.2) is 4.79 Å². The van der Waals surface area contributed by atoms with Crippen molar-refractivity contribution in [2.45, 2.75) is 13.5 Å². The highest BCUT2D eigenvalue weighted by Crippen LogP contribution is 2.28. The van der Waals surface area contributed by atoms with Crippen LogP contribution >= 0.6 is 0 Å². The number of nitrogens with two attached hydrogens (primary N) is 1. The van der Waals surface area contributed by atoms with Gasteiger partial charge < -0.3 is 19.6 Å². The third-order valence-electron chi connectivity index (χ3n) is 4.13. The van der Waals surface area contributed by atoms with Crippen LogP contribution in [0.1, 0.15) is 23.0 Å². The molecule has 0 fully saturated rings. The molecular weight excluding hydrogens is 372 g/mol. The molecule has 29 heavy (non-hydrogen) atoms. The number of esters is 1. The van der Waals surface area contributed by atoms with Crippen molar-refractivity contribution in [2.24, 2.45) is 5.73 Å². The number of nitriles is 1. The van der Waals surface area contributed by atoms with Crippen LogP contribution in [0.3, 0.4) is 0 Å². The Morgan fingerprint density at radius 3 is 2.48 bits per heavy atom. The predicted molar refractivity (Wildman–Crippen MR) is 105 cm³/mol. The molecule has 0 aliphatic rings. The van der Waals surface area contributed by atoms with Crippen LogP contribution in [0.5, 0.6) is 5.75 Å². The average Bonchev–Trinajstić information content (AvgIpc) is 3.10. The first-order valence-electron chi connectivity index (χ1n) is 8.76. The van der Waals surface area contributed by atoms with Gasteiger partial charge in [-0.2, -0.15) is 5.26 Å². The smallest absolute Gasteiger partial charge is 0.375 e. The summed E-state index contributed by atoms with van der Waals surface area (Å²) in [5.41, 5.74) is 6.32. The molecule has 2 aromatic carbocycles. The molecule has 0 spiro atoms. The molecule has 3 rings (SSSR count). The minimum atomic E-state index is -0.826. The Hall–Kier alpha value is -4.05. The summed E-state index contributed by atoms with van der Waals surface area (Å²) in [7, 11) is 0. The number of allylic oxidation sites excluding steroid dienone is 1. The van der Waals surface area contributed by atoms with Gasteiger partial charge in [0.25, 0.3) is 0 Å². The fourth-order valence-electron chi connectivity index (χ4n) is 2.72. The summed E-state index contributed by atoms with van der Waals surface area (Å²) in [6, 6.07) is 18.0. The lowest BCUT2D eigenvalue weighted by molar-refractivity contribution is -0.118. The van der Waals surface area contributed by atoms with Gasteiger partial charge in [0.1, 0.15) is 29.6 Å². The number of hydrogen-bond acceptors (Lipinski definition) is 7. The van der Waals surface area contributed by atoms with Crippen molar-refractivity contribution in [3.05, 3.63) is 77.2 Å². The lowest BCUT2D eigenvalue weighted by Crippen LogP contribution is -2.18. The Morgan fingerprint density at radius 2 is 1.79 bits per heavy atom. The fraction of sp³-hybridized carbons (Fsp3) is 0.136. The summed E-state index contributed by atoms with van der Waals surface area (Å²) in [6.07, 6.45) is 0. The van der Waals surface area contributed by atoms with E-state index in [1.807, 2.05) is 24.3 Å². The number of carbonyl (C=O) groups is 2. The Labute approximate surface area is 166 Å². The number of nitrogens with zero attached hydrogens (tertiary/aromatic N) is 1. The fourth-order valence-corrected chi connectivity index (χ4v) is 2.72. The first-order valence-corrected chi connectivity index (χ1v) is 8.76. The van der Waals surface area contributed by atoms with Crippen LogP contribution in [0.2, 0.25) is 0 Å². The Kier molecular flexibility index (Phi) is 5.95. The van der Waals surface area contributed by atoms with Crippen molar-refractivity contribution in [2.75, 3.05) is 6.61 Å². The summed E-state index contributed by atoms with van der Waals surface area (Å²) in [6.45, 7) is 0.882. The molecule has 0 aliphatic carbocycles. The van der Waals surface area contributed by atoms with E-state index in [9.17, 15) is 9.59 Å². The van der Waals surface area contributed by atoms with Gasteiger partial charge in [-0.15, -0.1) is 0 Å². The quantitative estimate of drug-likeness (QED) is 0.373. The number of fused-ring (bicyclic) bond motifs is 1. The number of rotatable bonds is 7. The lowest BCUT2D eigenvalue weighted by Gasteiger charge is -2.07. The molecule has 0 atom stereocenters. The molecule has 146 valence electrons. The summed E-state index contributed by atoms with van der Waals surface area (Å²) in [5.74, 6) is -0.927. The molecule has 1 heterocycles. The van der Waals surface area contributed by atoms with Crippen molar-refractivity contribution in [3.8, 4) is 11.8 Å². The maximum absolute atomic E-state index is 12.6. The second-order valence-electron chi connectivity index (χ2n) is 6.18. The summed E-state index contributed by atoms with van der Waals surface area (Å²) < 4.78 is 16.5. The van der Waals surface area contributed by atoms with E-state index >= 15 is 0 Å². The molecule has 7 nitrogen and oxygen atoms in total. The molecule has 7 heteroatoms. The summed E-state index contributed by atoms with van der Waals surface area (Å²) in [4.78, 5) is 24.6. The number of hydrogen-bond donors (Lipinski definition) is 1. The Bertz CT molecular complexity index is 1120. The monoisotopic (exact) mass is 390 g/mol. The van der Waals surface area contributed by atoms with Crippen LogP contribution < -0.4 is 10.5 Å². The largest absolute Gasteiger partial charge is 0.489 e. The van der Waals surface area contributed by atoms with Gasteiger partial charge >= 0.3 is 5.97 Å². The number of furan rings is 1. The normalized spacial score (nSPS) is 11.4. The van der Waals surface area contributed by atoms with Crippen LogP contribution in [-0.2, 0) is 16.1 Å². The second kappa shape index (κ2) is 8.76. The van der Waals surface area contributed by atoms with Gasteiger partial charge in [-0.1, -0.05) is 36.4 Å². The number of Topliss-reactive ketones (excluding diaryl/α,β-unsaturated/α-hetero) is 1. The lowest BCUT2D eigenvalue weighted by atomic mass is 10.1. The summed E-state index contributed by atoms with van der Waals surface area (Å²) in [5, 5.41) is 9.69. The standard InChI is InChI=1S/C22H18N2O5/c1-14(24)17(11-23)19(25)13-28-22(26)21-18(12-27-15-7-3-2-4-8-15)16-9-5-6-10-20(16)29-21/h2-10H,12-13,24H2,1H3/b17-14-. The number of carbonyl (C=O) groups excluding carboxylic acids is 2. The average molecular weight is 390 g/mol. The Balaban J connectivity index is 1.82. The maximum Gasteiger partial charge on any atom is 0.375 e. The number of ether oxygens (including phenoxy) is 2. The van der Waals surface area contributed by atoms with E-state index in [4.69, 9.17) is 24.9 Å². The first-order chi connectivity index (χ1) is 14.0. The number of ketones is 1. The van der Waals surface area contributed by atoms with Gasteiger partial charge in [0.2, 0.25) is 11.5 Å². The molecule has 0 saturated carbocycles. The van der Waals surface area contributed by atoms with E-state index in [2.05, 4.69) is 0 Å². The van der Waals surface area contributed by atoms with Crippen molar-refractivity contribution >= 4 is 22.7 Å². The van der Waals surface area contributed by atoms with Gasteiger partial charge in [-0.3, -0.25) is 4.79 Å². The molecule has 0 saturated heterocycles. The van der Waals surface area contributed by atoms with Crippen molar-refractivity contribution in [3.63, 3.8) is 0 Å². The summed E-state index contributed by atoms with van der Waals surface area (Å²) >= 11 is 0. The predicted octanol–water partition coefficient (Wildman–Crippen LogP) is 3.49. The third kappa shape index (κ3) is 4.45. The molecule has 3 aromatic rings. The van der Waals surface area contributed by atoms with Crippen LogP contribution in [0.4, 0.5) is 0 Å². The van der Waals surface area contributed by atoms with Crippen LogP contribution in [0.15, 0.2) is 70.3 Å². The zero-order chi connectivity index (χ0) is 20.8. The van der Waals surface area contributed by atoms with Crippen LogP contribution in [0.25, 0.3) is 11.0 Å². The third-order valence-corrected chi connectivity index (χ3v) is 4.13. The molecule has 0 bridgehead atoms. The van der Waals surface area contributed by atoms with Crippen LogP contribution in [-0.4, -0.2) is 18.4 Å². The molecule has 0 unspecified atom stereocenters. The zero-order valence-electron chi connectivity index (χ0n) is 15.7. The Morgan fingerprint density at radius 1 is 1.10 bits per heavy atom. The van der Waals surface area contributed by atoms with E-state index in [-0.39, 0.29) is 23.6 Å². The van der Waals surface area contributed by atoms with E-state index in [0.29, 0.717) is 22.3 Å². The van der Waals surface area contributed by atoms with E-state index < -0.39 is 18.4 Å². The number of benzene rings is 2. The van der Waals surface area contributed by atoms with Crippen molar-refractivity contribution in [1.82, 2.24) is 0 Å². The molecular formula is C22H18N2O5. The molecule has 0 amide bonds. The molecule has 1 aromatic heterocycles. The van der Waals surface area contributed by atoms with Gasteiger partial charge in [0, 0.05) is 11.1 Å². The first kappa shape index (κ1) is 19.7. The second-order valence-corrected chi connectivity index (χ2v) is 6.18. The highest BCUT2D eigenvalue weighted by molar-refractivity contribution is 6.02. The molecule has 0 radical (unpaired) electrons. The van der Waals surface area contributed by atoms with E-state index in [1.165, 1.54) is 6.92 Å². The highest BCUT2D eigenvalue weighted by Gasteiger charge is 2.24. The van der Waals surface area contributed by atoms with Crippen molar-refractivity contribution in [1.29, 1.82) is 5.26 Å². The maximum atomic E-state index is 12.6. The van der Waals surface area contributed by atoms with E-state index in [0.717, 1.165) is 0 Å².